The molecule has 0 fully saturated rings. The third kappa shape index (κ3) is 2.95. The van der Waals surface area contributed by atoms with Gasteiger partial charge in [0.05, 0.1) is 17.6 Å². The van der Waals surface area contributed by atoms with E-state index >= 15 is 0 Å². The van der Waals surface area contributed by atoms with Crippen LogP contribution in [0, 0.1) is 11.6 Å². The second-order valence-electron chi connectivity index (χ2n) is 4.15. The Morgan fingerprint density at radius 2 is 1.85 bits per heavy atom. The van der Waals surface area contributed by atoms with Gasteiger partial charge >= 0.3 is 0 Å². The van der Waals surface area contributed by atoms with E-state index in [1.807, 2.05) is 0 Å². The van der Waals surface area contributed by atoms with E-state index < -0.39 is 17.7 Å². The van der Waals surface area contributed by atoms with Gasteiger partial charge in [0.25, 0.3) is 0 Å². The number of benzene rings is 2. The van der Waals surface area contributed by atoms with Crippen molar-refractivity contribution in [3.05, 3.63) is 62.6 Å². The summed E-state index contributed by atoms with van der Waals surface area (Å²) in [5, 5.41) is 0.283. The molecule has 0 spiro atoms. The highest BCUT2D eigenvalue weighted by molar-refractivity contribution is 9.10. The highest BCUT2D eigenvalue weighted by Gasteiger charge is 2.19. The van der Waals surface area contributed by atoms with E-state index in [2.05, 4.69) is 15.9 Å². The predicted molar refractivity (Wildman–Crippen MR) is 78.1 cm³/mol. The van der Waals surface area contributed by atoms with Gasteiger partial charge in [-0.15, -0.1) is 0 Å². The molecule has 0 heterocycles. The fraction of sp³-hybridized carbons (Fsp3) is 0.143. The molecule has 1 unspecified atom stereocenters. The van der Waals surface area contributed by atoms with Crippen LogP contribution in [-0.2, 0) is 0 Å². The Balaban J connectivity index is 2.52. The zero-order chi connectivity index (χ0) is 14.9. The van der Waals surface area contributed by atoms with Crippen LogP contribution in [0.3, 0.4) is 0 Å². The number of hydrogen-bond acceptors (Lipinski definition) is 2. The Hall–Kier alpha value is -1.17. The number of halogens is 4. The summed E-state index contributed by atoms with van der Waals surface area (Å²) < 4.78 is 32.7. The summed E-state index contributed by atoms with van der Waals surface area (Å²) in [5.74, 6) is -0.741. The molecule has 0 saturated carbocycles. The number of hydrogen-bond donors (Lipinski definition) is 1. The number of ether oxygens (including phenoxy) is 1. The summed E-state index contributed by atoms with van der Waals surface area (Å²) in [5.41, 5.74) is 6.79. The standard InChI is InChI=1S/C14H11BrClF2NO/c1-20-13-6-12(18)10(15)5-9(13)14(19)8-3-2-7(16)4-11(8)17/h2-6,14H,19H2,1H3. The first kappa shape index (κ1) is 15.2. The van der Waals surface area contributed by atoms with Crippen molar-refractivity contribution in [2.24, 2.45) is 5.73 Å². The lowest BCUT2D eigenvalue weighted by Gasteiger charge is -2.17. The summed E-state index contributed by atoms with van der Waals surface area (Å²) >= 11 is 8.79. The third-order valence-electron chi connectivity index (χ3n) is 2.91. The van der Waals surface area contributed by atoms with Gasteiger partial charge in [-0.05, 0) is 34.1 Å². The monoisotopic (exact) mass is 361 g/mol. The minimum Gasteiger partial charge on any atom is -0.496 e. The van der Waals surface area contributed by atoms with Gasteiger partial charge in [-0.1, -0.05) is 17.7 Å². The minimum atomic E-state index is -0.792. The average molecular weight is 363 g/mol. The molecule has 0 bridgehead atoms. The lowest BCUT2D eigenvalue weighted by Crippen LogP contribution is -2.15. The van der Waals surface area contributed by atoms with Crippen molar-refractivity contribution in [1.29, 1.82) is 0 Å². The van der Waals surface area contributed by atoms with Crippen molar-refractivity contribution >= 4 is 27.5 Å². The van der Waals surface area contributed by atoms with Gasteiger partial charge in [-0.2, -0.15) is 0 Å². The van der Waals surface area contributed by atoms with Gasteiger partial charge < -0.3 is 10.5 Å². The molecule has 106 valence electrons. The molecule has 1 atom stereocenters. The maximum Gasteiger partial charge on any atom is 0.141 e. The molecule has 2 aromatic carbocycles. The van der Waals surface area contributed by atoms with Crippen LogP contribution >= 0.6 is 27.5 Å². The molecule has 20 heavy (non-hydrogen) atoms. The Morgan fingerprint density at radius 1 is 1.15 bits per heavy atom. The highest BCUT2D eigenvalue weighted by Crippen LogP contribution is 2.34. The second-order valence-corrected chi connectivity index (χ2v) is 5.44. The molecule has 2 rings (SSSR count). The van der Waals surface area contributed by atoms with Gasteiger partial charge in [0, 0.05) is 22.2 Å². The molecule has 0 aromatic heterocycles. The van der Waals surface area contributed by atoms with Gasteiger partial charge in [-0.3, -0.25) is 0 Å². The molecular weight excluding hydrogens is 352 g/mol. The van der Waals surface area contributed by atoms with Crippen LogP contribution in [0.5, 0.6) is 5.75 Å². The number of methoxy groups -OCH3 is 1. The van der Waals surface area contributed by atoms with Crippen LogP contribution in [0.2, 0.25) is 5.02 Å². The van der Waals surface area contributed by atoms with Crippen molar-refractivity contribution < 1.29 is 13.5 Å². The van der Waals surface area contributed by atoms with Crippen molar-refractivity contribution in [1.82, 2.24) is 0 Å². The Bertz CT molecular complexity index is 651. The molecule has 0 amide bonds. The molecule has 0 radical (unpaired) electrons. The van der Waals surface area contributed by atoms with Gasteiger partial charge in [-0.25, -0.2) is 8.78 Å². The molecule has 6 heteroatoms. The van der Waals surface area contributed by atoms with Crippen LogP contribution in [0.1, 0.15) is 17.2 Å². The van der Waals surface area contributed by atoms with Crippen LogP contribution in [-0.4, -0.2) is 7.11 Å². The molecule has 2 N–H and O–H groups in total. The first-order valence-corrected chi connectivity index (χ1v) is 6.84. The maximum atomic E-state index is 13.9. The predicted octanol–water partition coefficient (Wildman–Crippen LogP) is 4.44. The average Bonchev–Trinajstić information content (AvgIpc) is 2.40. The smallest absolute Gasteiger partial charge is 0.141 e. The van der Waals surface area contributed by atoms with Crippen LogP contribution < -0.4 is 10.5 Å². The van der Waals surface area contributed by atoms with Crippen LogP contribution in [0.15, 0.2) is 34.8 Å². The number of nitrogens with two attached hydrogens (primary N) is 1. The first-order chi connectivity index (χ1) is 9.43. The molecule has 2 aromatic rings. The molecular formula is C14H11BrClF2NO. The zero-order valence-electron chi connectivity index (χ0n) is 10.5. The zero-order valence-corrected chi connectivity index (χ0v) is 12.8. The highest BCUT2D eigenvalue weighted by atomic mass is 79.9. The number of rotatable bonds is 3. The lowest BCUT2D eigenvalue weighted by atomic mass is 9.98. The first-order valence-electron chi connectivity index (χ1n) is 5.67. The molecule has 0 saturated heterocycles. The van der Waals surface area contributed by atoms with Crippen molar-refractivity contribution in [2.75, 3.05) is 7.11 Å². The summed E-state index contributed by atoms with van der Waals surface area (Å²) in [4.78, 5) is 0. The van der Waals surface area contributed by atoms with Crippen molar-refractivity contribution in [2.45, 2.75) is 6.04 Å². The summed E-state index contributed by atoms with van der Waals surface area (Å²) in [6, 6.07) is 6.12. The summed E-state index contributed by atoms with van der Waals surface area (Å²) in [6.07, 6.45) is 0. The van der Waals surface area contributed by atoms with E-state index in [9.17, 15) is 8.78 Å². The van der Waals surface area contributed by atoms with E-state index in [1.165, 1.54) is 31.4 Å². The van der Waals surface area contributed by atoms with Crippen LogP contribution in [0.4, 0.5) is 8.78 Å². The molecule has 0 aliphatic rings. The van der Waals surface area contributed by atoms with Crippen LogP contribution in [0.25, 0.3) is 0 Å². The normalized spacial score (nSPS) is 12.3. The SMILES string of the molecule is COc1cc(F)c(Br)cc1C(N)c1ccc(Cl)cc1F. The fourth-order valence-electron chi connectivity index (χ4n) is 1.89. The Labute approximate surface area is 128 Å². The van der Waals surface area contributed by atoms with Gasteiger partial charge in [0.1, 0.15) is 17.4 Å². The van der Waals surface area contributed by atoms with E-state index in [1.54, 1.807) is 6.07 Å². The Kier molecular flexibility index (Phi) is 4.62. The Morgan fingerprint density at radius 3 is 2.45 bits per heavy atom. The van der Waals surface area contributed by atoms with Crippen molar-refractivity contribution in [3.8, 4) is 5.75 Å². The summed E-state index contributed by atoms with van der Waals surface area (Å²) in [7, 11) is 1.40. The van der Waals surface area contributed by atoms with E-state index in [0.29, 0.717) is 5.56 Å². The fourth-order valence-corrected chi connectivity index (χ4v) is 2.40. The molecule has 0 aliphatic heterocycles. The summed E-state index contributed by atoms with van der Waals surface area (Å²) in [6.45, 7) is 0. The van der Waals surface area contributed by atoms with Crippen molar-refractivity contribution in [3.63, 3.8) is 0 Å². The molecule has 0 aliphatic carbocycles. The lowest BCUT2D eigenvalue weighted by molar-refractivity contribution is 0.403. The van der Waals surface area contributed by atoms with E-state index in [-0.39, 0.29) is 20.8 Å². The van der Waals surface area contributed by atoms with E-state index in [0.717, 1.165) is 0 Å². The third-order valence-corrected chi connectivity index (χ3v) is 3.75. The minimum absolute atomic E-state index is 0.234. The van der Waals surface area contributed by atoms with Gasteiger partial charge in [0.15, 0.2) is 0 Å². The quantitative estimate of drug-likeness (QED) is 0.876. The topological polar surface area (TPSA) is 35.2 Å². The van der Waals surface area contributed by atoms with E-state index in [4.69, 9.17) is 22.1 Å². The molecule has 2 nitrogen and oxygen atoms in total. The second kappa shape index (κ2) is 6.08. The van der Waals surface area contributed by atoms with Gasteiger partial charge in [0.2, 0.25) is 0 Å². The maximum absolute atomic E-state index is 13.9. The largest absolute Gasteiger partial charge is 0.496 e.